The van der Waals surface area contributed by atoms with E-state index in [4.69, 9.17) is 5.73 Å². The molecule has 16 heavy (non-hydrogen) atoms. The molecule has 0 radical (unpaired) electrons. The molecular weight excluding hydrogens is 202 g/mol. The second kappa shape index (κ2) is 6.37. The molecule has 1 heterocycles. The Balaban J connectivity index is 2.67. The fourth-order valence-electron chi connectivity index (χ4n) is 1.36. The van der Waals surface area contributed by atoms with Crippen LogP contribution in [0.1, 0.15) is 32.2 Å². The minimum atomic E-state index is 0.416. The second-order valence-corrected chi connectivity index (χ2v) is 3.96. The highest BCUT2D eigenvalue weighted by molar-refractivity contribution is 5.25. The summed E-state index contributed by atoms with van der Waals surface area (Å²) in [4.78, 5) is 4.44. The van der Waals surface area contributed by atoms with E-state index in [1.54, 1.807) is 0 Å². The number of aromatic nitrogens is 3. The summed E-state index contributed by atoms with van der Waals surface area (Å²) in [6.45, 7) is 7.67. The molecule has 0 saturated heterocycles. The summed E-state index contributed by atoms with van der Waals surface area (Å²) in [6.07, 6.45) is 1.77. The number of rotatable bonds is 6. The summed E-state index contributed by atoms with van der Waals surface area (Å²) in [5.74, 6) is 1.02. The Morgan fingerprint density at radius 1 is 1.19 bits per heavy atom. The summed E-state index contributed by atoms with van der Waals surface area (Å²) in [6, 6.07) is 0. The van der Waals surface area contributed by atoms with E-state index in [2.05, 4.69) is 41.3 Å². The number of aryl methyl sites for hydroxylation is 2. The summed E-state index contributed by atoms with van der Waals surface area (Å²) in [7, 11) is 0. The highest BCUT2D eigenvalue weighted by Crippen LogP contribution is 2.07. The molecule has 0 aliphatic carbocycles. The topological polar surface area (TPSA) is 76.7 Å². The van der Waals surface area contributed by atoms with Gasteiger partial charge in [0.05, 0.1) is 11.4 Å². The van der Waals surface area contributed by atoms with E-state index in [1.165, 1.54) is 0 Å². The summed E-state index contributed by atoms with van der Waals surface area (Å²) in [5.41, 5.74) is 7.56. The van der Waals surface area contributed by atoms with Crippen molar-refractivity contribution < 1.29 is 0 Å². The van der Waals surface area contributed by atoms with Crippen LogP contribution >= 0.6 is 0 Å². The number of nitrogens with zero attached hydrogens (tertiary/aromatic N) is 3. The molecular formula is C11H21N5. The molecule has 0 amide bonds. The molecule has 1 aromatic rings. The molecule has 0 bridgehead atoms. The number of nitrogens with one attached hydrogen (secondary N) is 1. The van der Waals surface area contributed by atoms with Crippen LogP contribution < -0.4 is 11.1 Å². The number of anilines is 1. The highest BCUT2D eigenvalue weighted by Gasteiger charge is 2.06. The van der Waals surface area contributed by atoms with Crippen LogP contribution in [0.4, 0.5) is 5.95 Å². The first-order valence-corrected chi connectivity index (χ1v) is 5.87. The van der Waals surface area contributed by atoms with Crippen molar-refractivity contribution in [1.29, 1.82) is 0 Å². The van der Waals surface area contributed by atoms with Gasteiger partial charge >= 0.3 is 0 Å². The molecule has 0 aromatic carbocycles. The molecule has 1 rings (SSSR count). The monoisotopic (exact) mass is 223 g/mol. The van der Waals surface area contributed by atoms with Gasteiger partial charge < -0.3 is 11.1 Å². The Bertz CT molecular complexity index is 326. The minimum absolute atomic E-state index is 0.416. The standard InChI is InChI=1S/C11H21N5/c1-4-9-10(5-2)15-16-11(14-9)13-7-8(3)6-12/h8H,4-7,12H2,1-3H3,(H,13,14,16). The largest absolute Gasteiger partial charge is 0.353 e. The van der Waals surface area contributed by atoms with Gasteiger partial charge in [0.15, 0.2) is 0 Å². The lowest BCUT2D eigenvalue weighted by Gasteiger charge is -2.10. The lowest BCUT2D eigenvalue weighted by molar-refractivity contribution is 0.623. The first kappa shape index (κ1) is 12.8. The fraction of sp³-hybridized carbons (Fsp3) is 0.727. The molecule has 5 nitrogen and oxygen atoms in total. The van der Waals surface area contributed by atoms with E-state index in [9.17, 15) is 0 Å². The van der Waals surface area contributed by atoms with Gasteiger partial charge in [-0.1, -0.05) is 20.8 Å². The normalized spacial score (nSPS) is 12.5. The molecule has 0 saturated carbocycles. The molecule has 5 heteroatoms. The highest BCUT2D eigenvalue weighted by atomic mass is 15.2. The molecule has 1 atom stereocenters. The van der Waals surface area contributed by atoms with E-state index in [1.807, 2.05) is 0 Å². The van der Waals surface area contributed by atoms with Crippen LogP contribution in [0.25, 0.3) is 0 Å². The Hall–Kier alpha value is -1.23. The van der Waals surface area contributed by atoms with Crippen LogP contribution in [-0.4, -0.2) is 28.3 Å². The average molecular weight is 223 g/mol. The van der Waals surface area contributed by atoms with Crippen LogP contribution in [0.5, 0.6) is 0 Å². The van der Waals surface area contributed by atoms with E-state index < -0.39 is 0 Å². The summed E-state index contributed by atoms with van der Waals surface area (Å²) >= 11 is 0. The third kappa shape index (κ3) is 3.41. The quantitative estimate of drug-likeness (QED) is 0.752. The Labute approximate surface area is 96.9 Å². The van der Waals surface area contributed by atoms with Gasteiger partial charge in [0, 0.05) is 6.54 Å². The Morgan fingerprint density at radius 3 is 2.44 bits per heavy atom. The van der Waals surface area contributed by atoms with Crippen molar-refractivity contribution >= 4 is 5.95 Å². The van der Waals surface area contributed by atoms with Crippen molar-refractivity contribution in [1.82, 2.24) is 15.2 Å². The number of hydrogen-bond donors (Lipinski definition) is 2. The third-order valence-electron chi connectivity index (χ3n) is 2.52. The van der Waals surface area contributed by atoms with E-state index >= 15 is 0 Å². The van der Waals surface area contributed by atoms with Gasteiger partial charge in [0.25, 0.3) is 0 Å². The maximum atomic E-state index is 5.54. The molecule has 1 unspecified atom stereocenters. The molecule has 1 aromatic heterocycles. The van der Waals surface area contributed by atoms with Crippen molar-refractivity contribution in [2.75, 3.05) is 18.4 Å². The number of nitrogens with two attached hydrogens (primary N) is 1. The van der Waals surface area contributed by atoms with Crippen LogP contribution in [0, 0.1) is 5.92 Å². The van der Waals surface area contributed by atoms with Crippen molar-refractivity contribution in [3.05, 3.63) is 11.4 Å². The van der Waals surface area contributed by atoms with Crippen LogP contribution in [0.3, 0.4) is 0 Å². The smallest absolute Gasteiger partial charge is 0.242 e. The molecule has 0 spiro atoms. The van der Waals surface area contributed by atoms with Crippen LogP contribution in [0.2, 0.25) is 0 Å². The zero-order valence-corrected chi connectivity index (χ0v) is 10.3. The maximum absolute atomic E-state index is 5.54. The molecule has 0 fully saturated rings. The van der Waals surface area contributed by atoms with E-state index in [0.717, 1.165) is 30.8 Å². The molecule has 0 aliphatic rings. The van der Waals surface area contributed by atoms with Crippen molar-refractivity contribution in [3.8, 4) is 0 Å². The lowest BCUT2D eigenvalue weighted by Crippen LogP contribution is -2.21. The third-order valence-corrected chi connectivity index (χ3v) is 2.52. The minimum Gasteiger partial charge on any atom is -0.353 e. The predicted molar refractivity (Wildman–Crippen MR) is 65.3 cm³/mol. The first-order valence-electron chi connectivity index (χ1n) is 5.87. The number of hydrogen-bond acceptors (Lipinski definition) is 5. The summed E-state index contributed by atoms with van der Waals surface area (Å²) in [5, 5.41) is 11.4. The van der Waals surface area contributed by atoms with Crippen molar-refractivity contribution in [2.45, 2.75) is 33.6 Å². The van der Waals surface area contributed by atoms with Gasteiger partial charge in [-0.3, -0.25) is 0 Å². The van der Waals surface area contributed by atoms with E-state index in [0.29, 0.717) is 18.4 Å². The van der Waals surface area contributed by atoms with Crippen LogP contribution in [-0.2, 0) is 12.8 Å². The Kier molecular flexibility index (Phi) is 5.11. The first-order chi connectivity index (χ1) is 7.71. The molecule has 0 aliphatic heterocycles. The maximum Gasteiger partial charge on any atom is 0.242 e. The predicted octanol–water partition coefficient (Wildman–Crippen LogP) is 1.00. The van der Waals surface area contributed by atoms with Crippen LogP contribution in [0.15, 0.2) is 0 Å². The zero-order chi connectivity index (χ0) is 12.0. The second-order valence-electron chi connectivity index (χ2n) is 3.96. The summed E-state index contributed by atoms with van der Waals surface area (Å²) < 4.78 is 0. The SMILES string of the molecule is CCc1nnc(NCC(C)CN)nc1CC. The van der Waals surface area contributed by atoms with Gasteiger partial charge in [-0.25, -0.2) is 4.98 Å². The fourth-order valence-corrected chi connectivity index (χ4v) is 1.36. The van der Waals surface area contributed by atoms with Gasteiger partial charge in [-0.05, 0) is 25.3 Å². The Morgan fingerprint density at radius 2 is 1.88 bits per heavy atom. The van der Waals surface area contributed by atoms with E-state index in [-0.39, 0.29) is 0 Å². The zero-order valence-electron chi connectivity index (χ0n) is 10.3. The van der Waals surface area contributed by atoms with Gasteiger partial charge in [0.2, 0.25) is 5.95 Å². The van der Waals surface area contributed by atoms with Crippen molar-refractivity contribution in [2.24, 2.45) is 11.7 Å². The van der Waals surface area contributed by atoms with Crippen molar-refractivity contribution in [3.63, 3.8) is 0 Å². The van der Waals surface area contributed by atoms with Gasteiger partial charge in [-0.15, -0.1) is 5.10 Å². The molecule has 90 valence electrons. The van der Waals surface area contributed by atoms with Gasteiger partial charge in [-0.2, -0.15) is 5.10 Å². The van der Waals surface area contributed by atoms with Gasteiger partial charge in [0.1, 0.15) is 0 Å². The average Bonchev–Trinajstić information content (AvgIpc) is 2.35. The molecule has 3 N–H and O–H groups in total. The lowest BCUT2D eigenvalue weighted by atomic mass is 10.2.